The van der Waals surface area contributed by atoms with Crippen molar-refractivity contribution in [3.8, 4) is 0 Å². The standard InChI is InChI=1S/C39H60O12/c1-15-27(40)50-38(33(46-21-7)29(42-17-3)25(11)30(43-18-4)34(38)47-22-8)37(13,14)39(51-28(41)16-2)35(48-23-9)31(44-19-5)26(12)32(45-20-6)36(39)49-24-10/h15-16,33,35H,1-2,17-24H2,3-14H3. The molecule has 0 bridgehead atoms. The van der Waals surface area contributed by atoms with Crippen LogP contribution in [0.4, 0.5) is 0 Å². The Labute approximate surface area is 304 Å². The minimum atomic E-state index is -2.06. The molecule has 51 heavy (non-hydrogen) atoms. The molecule has 2 aliphatic rings. The maximum atomic E-state index is 13.9. The topological polar surface area (TPSA) is 126 Å². The molecular formula is C39H60O12. The maximum absolute atomic E-state index is 13.9. The third-order valence-corrected chi connectivity index (χ3v) is 8.86. The van der Waals surface area contributed by atoms with Crippen LogP contribution in [0.5, 0.6) is 0 Å². The first-order valence-corrected chi connectivity index (χ1v) is 17.9. The summed E-state index contributed by atoms with van der Waals surface area (Å²) in [6.45, 7) is 30.6. The van der Waals surface area contributed by atoms with E-state index in [1.807, 2.05) is 55.4 Å². The van der Waals surface area contributed by atoms with E-state index < -0.39 is 40.8 Å². The Morgan fingerprint density at radius 1 is 0.569 bits per heavy atom. The highest BCUT2D eigenvalue weighted by Crippen LogP contribution is 2.62. The fourth-order valence-electron chi connectivity index (χ4n) is 6.93. The number of hydrogen-bond acceptors (Lipinski definition) is 12. The summed E-state index contributed by atoms with van der Waals surface area (Å²) >= 11 is 0. The van der Waals surface area contributed by atoms with E-state index in [1.165, 1.54) is 0 Å². The van der Waals surface area contributed by atoms with Gasteiger partial charge in [-0.1, -0.05) is 27.0 Å². The van der Waals surface area contributed by atoms with Gasteiger partial charge in [0.2, 0.25) is 11.2 Å². The summed E-state index contributed by atoms with van der Waals surface area (Å²) in [5, 5.41) is 0. The molecule has 4 atom stereocenters. The molecule has 0 saturated heterocycles. The van der Waals surface area contributed by atoms with Gasteiger partial charge in [0.1, 0.15) is 11.5 Å². The van der Waals surface area contributed by atoms with Gasteiger partial charge in [-0.25, -0.2) is 9.59 Å². The van der Waals surface area contributed by atoms with Crippen LogP contribution in [-0.4, -0.2) is 88.2 Å². The molecule has 0 N–H and O–H groups in total. The zero-order valence-corrected chi connectivity index (χ0v) is 32.8. The van der Waals surface area contributed by atoms with Crippen LogP contribution in [0.15, 0.2) is 71.0 Å². The first-order valence-electron chi connectivity index (χ1n) is 17.9. The summed E-state index contributed by atoms with van der Waals surface area (Å²) in [5.41, 5.74) is -4.69. The molecule has 0 heterocycles. The average molecular weight is 721 g/mol. The lowest BCUT2D eigenvalue weighted by molar-refractivity contribution is -0.269. The van der Waals surface area contributed by atoms with Gasteiger partial charge >= 0.3 is 11.9 Å². The van der Waals surface area contributed by atoms with Crippen LogP contribution in [-0.2, 0) is 57.0 Å². The third kappa shape index (κ3) is 7.67. The van der Waals surface area contributed by atoms with Crippen LogP contribution in [0.3, 0.4) is 0 Å². The van der Waals surface area contributed by atoms with Gasteiger partial charge in [0.05, 0.1) is 45.1 Å². The van der Waals surface area contributed by atoms with E-state index >= 15 is 0 Å². The largest absolute Gasteiger partial charge is 0.495 e. The molecule has 288 valence electrons. The Morgan fingerprint density at radius 3 is 1.14 bits per heavy atom. The molecule has 0 amide bonds. The zero-order valence-electron chi connectivity index (χ0n) is 32.8. The Balaban J connectivity index is 3.58. The summed E-state index contributed by atoms with van der Waals surface area (Å²) in [7, 11) is 0. The monoisotopic (exact) mass is 720 g/mol. The van der Waals surface area contributed by atoms with Crippen molar-refractivity contribution in [1.29, 1.82) is 0 Å². The van der Waals surface area contributed by atoms with Gasteiger partial charge in [0, 0.05) is 36.5 Å². The number of rotatable bonds is 22. The molecule has 4 unspecified atom stereocenters. The van der Waals surface area contributed by atoms with E-state index in [1.54, 1.807) is 27.7 Å². The summed E-state index contributed by atoms with van der Waals surface area (Å²) < 4.78 is 65.0. The molecular weight excluding hydrogens is 660 g/mol. The number of esters is 2. The van der Waals surface area contributed by atoms with Gasteiger partial charge in [-0.2, -0.15) is 0 Å². The van der Waals surface area contributed by atoms with Crippen molar-refractivity contribution in [2.45, 2.75) is 106 Å². The second kappa shape index (κ2) is 19.1. The molecule has 12 heteroatoms. The number of hydrogen-bond donors (Lipinski definition) is 0. The molecule has 0 aromatic carbocycles. The second-order valence-corrected chi connectivity index (χ2v) is 11.9. The molecule has 12 nitrogen and oxygen atoms in total. The van der Waals surface area contributed by atoms with E-state index in [0.29, 0.717) is 22.7 Å². The van der Waals surface area contributed by atoms with Crippen molar-refractivity contribution >= 4 is 11.9 Å². The summed E-state index contributed by atoms with van der Waals surface area (Å²) in [5.74, 6) is -0.254. The SMILES string of the molecule is C=CC(=O)OC1(C(C)(C)C2(OC(=O)C=C)C(OCC)=C(OCC)C(C)=C(OCC)C2OCC)C(OCC)=C(OCC)C(C)=C(OCC)C1OCC. The van der Waals surface area contributed by atoms with Crippen LogP contribution in [0, 0.1) is 5.41 Å². The summed E-state index contributed by atoms with van der Waals surface area (Å²) in [4.78, 5) is 27.8. The molecule has 0 aromatic heterocycles. The van der Waals surface area contributed by atoms with Crippen molar-refractivity contribution in [1.82, 2.24) is 0 Å². The Bertz CT molecular complexity index is 1280. The Morgan fingerprint density at radius 2 is 0.882 bits per heavy atom. The third-order valence-electron chi connectivity index (χ3n) is 8.86. The van der Waals surface area contributed by atoms with E-state index in [0.717, 1.165) is 12.2 Å². The summed E-state index contributed by atoms with van der Waals surface area (Å²) in [6, 6.07) is 0. The van der Waals surface area contributed by atoms with Crippen LogP contribution in [0.25, 0.3) is 0 Å². The fourth-order valence-corrected chi connectivity index (χ4v) is 6.93. The predicted molar refractivity (Wildman–Crippen MR) is 192 cm³/mol. The van der Waals surface area contributed by atoms with Crippen LogP contribution in [0.2, 0.25) is 0 Å². The van der Waals surface area contributed by atoms with Gasteiger partial charge in [-0.05, 0) is 69.2 Å². The van der Waals surface area contributed by atoms with Gasteiger partial charge in [0.15, 0.2) is 35.2 Å². The highest BCUT2D eigenvalue weighted by Gasteiger charge is 2.77. The zero-order chi connectivity index (χ0) is 38.6. The Kier molecular flexibility index (Phi) is 16.2. The van der Waals surface area contributed by atoms with Gasteiger partial charge in [-0.15, -0.1) is 0 Å². The molecule has 2 rings (SSSR count). The lowest BCUT2D eigenvalue weighted by atomic mass is 9.55. The average Bonchev–Trinajstić information content (AvgIpc) is 3.10. The van der Waals surface area contributed by atoms with E-state index in [-0.39, 0.29) is 75.9 Å². The molecule has 2 aliphatic carbocycles. The molecule has 0 aliphatic heterocycles. The lowest BCUT2D eigenvalue weighted by Crippen LogP contribution is -2.74. The number of carbonyl (C=O) groups excluding carboxylic acids is 2. The first kappa shape index (κ1) is 43.3. The highest BCUT2D eigenvalue weighted by molar-refractivity contribution is 5.83. The van der Waals surface area contributed by atoms with Gasteiger partial charge in [-0.3, -0.25) is 0 Å². The van der Waals surface area contributed by atoms with Crippen LogP contribution < -0.4 is 0 Å². The van der Waals surface area contributed by atoms with Crippen LogP contribution in [0.1, 0.15) is 83.1 Å². The van der Waals surface area contributed by atoms with Crippen LogP contribution >= 0.6 is 0 Å². The minimum Gasteiger partial charge on any atom is -0.495 e. The molecule has 0 fully saturated rings. The van der Waals surface area contributed by atoms with Crippen molar-refractivity contribution < 1.29 is 57.0 Å². The Hall–Kier alpha value is -3.90. The van der Waals surface area contributed by atoms with E-state index in [4.69, 9.17) is 47.4 Å². The minimum absolute atomic E-state index is 0.105. The van der Waals surface area contributed by atoms with Crippen molar-refractivity contribution in [3.05, 3.63) is 71.0 Å². The van der Waals surface area contributed by atoms with Gasteiger partial charge < -0.3 is 47.4 Å². The normalized spacial score (nSPS) is 23.8. The molecule has 0 radical (unpaired) electrons. The van der Waals surface area contributed by atoms with Crippen molar-refractivity contribution in [3.63, 3.8) is 0 Å². The van der Waals surface area contributed by atoms with Crippen molar-refractivity contribution in [2.75, 3.05) is 52.9 Å². The highest BCUT2D eigenvalue weighted by atomic mass is 16.6. The quantitative estimate of drug-likeness (QED) is 0.0846. The summed E-state index contributed by atoms with van der Waals surface area (Å²) in [6.07, 6.45) is -0.315. The first-order chi connectivity index (χ1) is 24.3. The number of ether oxygens (including phenoxy) is 10. The maximum Gasteiger partial charge on any atom is 0.331 e. The van der Waals surface area contributed by atoms with E-state index in [2.05, 4.69) is 13.2 Å². The smallest absolute Gasteiger partial charge is 0.331 e. The van der Waals surface area contributed by atoms with Crippen molar-refractivity contribution in [2.24, 2.45) is 5.41 Å². The molecule has 0 aromatic rings. The van der Waals surface area contributed by atoms with Gasteiger partial charge in [0.25, 0.3) is 0 Å². The fraction of sp³-hybridized carbons (Fsp3) is 0.641. The lowest BCUT2D eigenvalue weighted by Gasteiger charge is -2.60. The molecule has 0 saturated carbocycles. The second-order valence-electron chi connectivity index (χ2n) is 11.9. The molecule has 0 spiro atoms. The number of carbonyl (C=O) groups is 2. The van der Waals surface area contributed by atoms with E-state index in [9.17, 15) is 9.59 Å². The predicted octanol–water partition coefficient (Wildman–Crippen LogP) is 6.98. The number of allylic oxidation sites excluding steroid dienone is 2.